The third kappa shape index (κ3) is 4.06. The van der Waals surface area contributed by atoms with Gasteiger partial charge in [0.2, 0.25) is 15.9 Å². The lowest BCUT2D eigenvalue weighted by Crippen LogP contribution is -2.30. The highest BCUT2D eigenvalue weighted by Gasteiger charge is 2.26. The Kier molecular flexibility index (Phi) is 6.19. The van der Waals surface area contributed by atoms with E-state index >= 15 is 0 Å². The van der Waals surface area contributed by atoms with Crippen molar-refractivity contribution in [2.24, 2.45) is 10.2 Å². The van der Waals surface area contributed by atoms with Crippen LogP contribution in [0.25, 0.3) is 10.9 Å². The second kappa shape index (κ2) is 8.50. The van der Waals surface area contributed by atoms with Gasteiger partial charge in [-0.05, 0) is 30.3 Å². The number of rotatable bonds is 7. The lowest BCUT2D eigenvalue weighted by atomic mass is 10.2. The molecule has 0 aliphatic rings. The largest absolute Gasteiger partial charge is 0.493 e. The first-order chi connectivity index (χ1) is 14.2. The Balaban J connectivity index is 2.07. The molecule has 0 radical (unpaired) electrons. The van der Waals surface area contributed by atoms with Gasteiger partial charge in [0, 0.05) is 29.0 Å². The maximum absolute atomic E-state index is 12.7. The van der Waals surface area contributed by atoms with Crippen LogP contribution in [0, 0.1) is 10.1 Å². The van der Waals surface area contributed by atoms with Crippen LogP contribution in [0.3, 0.4) is 0 Å². The van der Waals surface area contributed by atoms with Crippen LogP contribution in [0.15, 0.2) is 56.0 Å². The van der Waals surface area contributed by atoms with Gasteiger partial charge in [-0.15, -0.1) is 10.2 Å². The molecule has 158 valence electrons. The highest BCUT2D eigenvalue weighted by Crippen LogP contribution is 2.39. The number of aromatic nitrogens is 1. The molecule has 0 saturated heterocycles. The van der Waals surface area contributed by atoms with E-state index in [9.17, 15) is 23.6 Å². The Labute approximate surface area is 180 Å². The highest BCUT2D eigenvalue weighted by atomic mass is 79.9. The van der Waals surface area contributed by atoms with Crippen molar-refractivity contribution in [2.45, 2.75) is 18.7 Å². The first-order valence-corrected chi connectivity index (χ1v) is 11.1. The Morgan fingerprint density at radius 2 is 1.87 bits per heavy atom. The SMILES string of the molecule is CCN(CC)S(=O)(=O)c1ccc(N=Nc2c(O)[nH]c3ccc(Br)cc23)c([N+](=O)[O-])c1. The standard InChI is InChI=1S/C18H18BrN5O5S/c1-3-23(4-2)30(28,29)12-6-8-15(16(10-12)24(26)27)21-22-17-13-9-11(19)5-7-14(13)20-18(17)25/h5-10,20,25H,3-4H2,1-2H3. The lowest BCUT2D eigenvalue weighted by molar-refractivity contribution is -0.384. The molecule has 0 atom stereocenters. The van der Waals surface area contributed by atoms with Gasteiger partial charge >= 0.3 is 0 Å². The number of nitrogens with zero attached hydrogens (tertiary/aromatic N) is 4. The number of nitro benzene ring substituents is 1. The van der Waals surface area contributed by atoms with E-state index in [1.54, 1.807) is 32.0 Å². The van der Waals surface area contributed by atoms with Gasteiger partial charge in [-0.1, -0.05) is 29.8 Å². The topological polar surface area (TPSA) is 141 Å². The number of nitrogens with one attached hydrogen (secondary N) is 1. The van der Waals surface area contributed by atoms with Gasteiger partial charge < -0.3 is 10.1 Å². The molecule has 2 N–H and O–H groups in total. The number of H-pyrrole nitrogens is 1. The van der Waals surface area contributed by atoms with Gasteiger partial charge in [-0.3, -0.25) is 10.1 Å². The zero-order valence-electron chi connectivity index (χ0n) is 16.0. The average Bonchev–Trinajstić information content (AvgIpc) is 3.01. The van der Waals surface area contributed by atoms with Gasteiger partial charge in [0.15, 0.2) is 11.4 Å². The maximum Gasteiger partial charge on any atom is 0.298 e. The van der Waals surface area contributed by atoms with E-state index in [2.05, 4.69) is 31.1 Å². The maximum atomic E-state index is 12.7. The smallest absolute Gasteiger partial charge is 0.298 e. The molecule has 0 amide bonds. The second-order valence-corrected chi connectivity index (χ2v) is 9.06. The molecule has 2 aromatic carbocycles. The number of sulfonamides is 1. The molecule has 0 spiro atoms. The summed E-state index contributed by atoms with van der Waals surface area (Å²) in [4.78, 5) is 13.4. The summed E-state index contributed by atoms with van der Waals surface area (Å²) in [7, 11) is -3.87. The predicted octanol–water partition coefficient (Wildman–Crippen LogP) is 4.99. The Hall–Kier alpha value is -2.83. The number of hydrogen-bond acceptors (Lipinski definition) is 7. The van der Waals surface area contributed by atoms with E-state index in [1.807, 2.05) is 0 Å². The Morgan fingerprint density at radius 1 is 1.17 bits per heavy atom. The number of nitro groups is 1. The first kappa shape index (κ1) is 21.9. The van der Waals surface area contributed by atoms with Crippen LogP contribution in [0.4, 0.5) is 17.1 Å². The van der Waals surface area contributed by atoms with E-state index in [1.165, 1.54) is 16.4 Å². The van der Waals surface area contributed by atoms with Gasteiger partial charge in [-0.2, -0.15) is 4.31 Å². The zero-order valence-corrected chi connectivity index (χ0v) is 18.4. The predicted molar refractivity (Wildman–Crippen MR) is 115 cm³/mol. The summed E-state index contributed by atoms with van der Waals surface area (Å²) in [5.74, 6) is -0.241. The summed E-state index contributed by atoms with van der Waals surface area (Å²) >= 11 is 3.33. The minimum absolute atomic E-state index is 0.112. The number of aromatic amines is 1. The van der Waals surface area contributed by atoms with Crippen LogP contribution in [-0.2, 0) is 10.0 Å². The molecule has 0 fully saturated rings. The van der Waals surface area contributed by atoms with Crippen molar-refractivity contribution < 1.29 is 18.4 Å². The molecule has 0 aliphatic carbocycles. The molecule has 0 saturated carbocycles. The highest BCUT2D eigenvalue weighted by molar-refractivity contribution is 9.10. The normalized spacial score (nSPS) is 12.3. The molecule has 1 heterocycles. The third-order valence-electron chi connectivity index (χ3n) is 4.46. The van der Waals surface area contributed by atoms with E-state index in [0.717, 1.165) is 10.5 Å². The van der Waals surface area contributed by atoms with E-state index < -0.39 is 20.6 Å². The molecule has 3 aromatic rings. The minimum Gasteiger partial charge on any atom is -0.493 e. The van der Waals surface area contributed by atoms with Crippen LogP contribution in [0.5, 0.6) is 5.88 Å². The van der Waals surface area contributed by atoms with Crippen LogP contribution >= 0.6 is 15.9 Å². The first-order valence-electron chi connectivity index (χ1n) is 8.89. The number of fused-ring (bicyclic) bond motifs is 1. The van der Waals surface area contributed by atoms with Crippen molar-refractivity contribution in [1.29, 1.82) is 0 Å². The number of benzene rings is 2. The fourth-order valence-electron chi connectivity index (χ4n) is 2.95. The Bertz CT molecular complexity index is 1250. The minimum atomic E-state index is -3.87. The van der Waals surface area contributed by atoms with Crippen molar-refractivity contribution in [3.63, 3.8) is 0 Å². The van der Waals surface area contributed by atoms with Gasteiger partial charge in [-0.25, -0.2) is 8.42 Å². The molecule has 0 unspecified atom stereocenters. The van der Waals surface area contributed by atoms with Crippen molar-refractivity contribution in [1.82, 2.24) is 9.29 Å². The molecule has 10 nitrogen and oxygen atoms in total. The van der Waals surface area contributed by atoms with Crippen molar-refractivity contribution in [3.05, 3.63) is 51.0 Å². The lowest BCUT2D eigenvalue weighted by Gasteiger charge is -2.18. The quantitative estimate of drug-likeness (QED) is 0.269. The monoisotopic (exact) mass is 495 g/mol. The van der Waals surface area contributed by atoms with Crippen molar-refractivity contribution in [2.75, 3.05) is 13.1 Å². The molecule has 0 bridgehead atoms. The van der Waals surface area contributed by atoms with Crippen LogP contribution in [-0.4, -0.2) is 40.8 Å². The van der Waals surface area contributed by atoms with Crippen molar-refractivity contribution >= 4 is 53.9 Å². The molecular weight excluding hydrogens is 478 g/mol. The zero-order chi connectivity index (χ0) is 22.1. The molecular formula is C18H18BrN5O5S. The number of aromatic hydroxyl groups is 1. The van der Waals surface area contributed by atoms with Crippen LogP contribution in [0.2, 0.25) is 0 Å². The van der Waals surface area contributed by atoms with Crippen LogP contribution < -0.4 is 0 Å². The molecule has 12 heteroatoms. The van der Waals surface area contributed by atoms with Crippen LogP contribution in [0.1, 0.15) is 13.8 Å². The Morgan fingerprint density at radius 3 is 2.50 bits per heavy atom. The number of halogens is 1. The summed E-state index contributed by atoms with van der Waals surface area (Å²) < 4.78 is 27.3. The van der Waals surface area contributed by atoms with Gasteiger partial charge in [0.25, 0.3) is 5.69 Å². The summed E-state index contributed by atoms with van der Waals surface area (Å²) in [6, 6.07) is 8.66. The second-order valence-electron chi connectivity index (χ2n) is 6.21. The van der Waals surface area contributed by atoms with Gasteiger partial charge in [0.05, 0.1) is 15.3 Å². The fourth-order valence-corrected chi connectivity index (χ4v) is 4.79. The van der Waals surface area contributed by atoms with Gasteiger partial charge in [0.1, 0.15) is 0 Å². The summed E-state index contributed by atoms with van der Waals surface area (Å²) in [6.45, 7) is 3.85. The van der Waals surface area contributed by atoms with E-state index in [-0.39, 0.29) is 35.2 Å². The van der Waals surface area contributed by atoms with E-state index in [0.29, 0.717) is 10.9 Å². The summed E-state index contributed by atoms with van der Waals surface area (Å²) in [5, 5.41) is 30.1. The van der Waals surface area contributed by atoms with Crippen molar-refractivity contribution in [3.8, 4) is 5.88 Å². The summed E-state index contributed by atoms with van der Waals surface area (Å²) in [6.07, 6.45) is 0. The molecule has 3 rings (SSSR count). The number of hydrogen-bond donors (Lipinski definition) is 2. The molecule has 0 aliphatic heterocycles. The third-order valence-corrected chi connectivity index (χ3v) is 7.00. The molecule has 1 aromatic heterocycles. The van der Waals surface area contributed by atoms with E-state index in [4.69, 9.17) is 0 Å². The average molecular weight is 496 g/mol. The molecule has 30 heavy (non-hydrogen) atoms. The fraction of sp³-hybridized carbons (Fsp3) is 0.222. The summed E-state index contributed by atoms with van der Waals surface area (Å²) in [5.41, 5.74) is 0.0787. The number of azo groups is 1.